The van der Waals surface area contributed by atoms with Crippen molar-refractivity contribution in [2.75, 3.05) is 32.8 Å². The SMILES string of the molecule is COc1ccc(C(OC[C@H]2O[C@@H](n3cc(C)c(=O)[nH]c3=O)C[C@@H]2OP(=O)(OC[C@H]2O[C@@H](n3cnc4c(NC(=O)c5ccccc5)ncnc43)C[C@@H]2O)SCc2ccccc2[N+](=O)[O-])(c2ccccc2)c2ccc(OC)cc2)cc1. The number of nitro benzene ring substituents is 1. The summed E-state index contributed by atoms with van der Waals surface area (Å²) < 4.78 is 62.7. The molecular weight excluding hydrogens is 1060 g/mol. The number of aliphatic hydroxyl groups excluding tert-OH is 1. The standard InChI is InChI=1S/C55H53N8O14PS/c1-34-28-61(54(67)60-52(34)65)48-27-44(46(76-48)29-73-55(37-15-8-5-9-16-37,38-18-22-40(71-2)23-19-38)39-20-24-41(72-3)25-21-39)77-78(70,79-31-36-14-10-11-17-42(36)63(68)69)74-30-45-43(64)26-47(75-45)62-33-58-49-50(56-32-57-51(49)62)59-53(66)35-12-6-4-7-13-35/h4-25,28,32-33,43-48,64H,26-27,29-31H2,1-3H3,(H,60,65,67)(H,56,57,59,66)/t43-,44-,45+,46+,47+,48+,78?/m0/s1. The lowest BCUT2D eigenvalue weighted by Gasteiger charge is -2.37. The number of amides is 1. The number of ether oxygens (including phenoxy) is 5. The second-order valence-corrected chi connectivity index (χ2v) is 22.5. The molecule has 8 aromatic rings. The van der Waals surface area contributed by atoms with Crippen LogP contribution in [0.25, 0.3) is 11.2 Å². The van der Waals surface area contributed by atoms with Crippen LogP contribution in [0.2, 0.25) is 0 Å². The highest BCUT2D eigenvalue weighted by molar-refractivity contribution is 8.54. The summed E-state index contributed by atoms with van der Waals surface area (Å²) >= 11 is 0.680. The molecule has 2 aliphatic rings. The summed E-state index contributed by atoms with van der Waals surface area (Å²) in [5.74, 6) is 0.717. The first-order valence-corrected chi connectivity index (χ1v) is 28.0. The van der Waals surface area contributed by atoms with Gasteiger partial charge in [-0.1, -0.05) is 91.0 Å². The van der Waals surface area contributed by atoms with Crippen molar-refractivity contribution < 1.29 is 52.1 Å². The van der Waals surface area contributed by atoms with Crippen molar-refractivity contribution in [2.24, 2.45) is 0 Å². The van der Waals surface area contributed by atoms with Crippen molar-refractivity contribution in [1.29, 1.82) is 0 Å². The van der Waals surface area contributed by atoms with Gasteiger partial charge in [-0.25, -0.2) is 24.3 Å². The first-order valence-electron chi connectivity index (χ1n) is 24.9. The van der Waals surface area contributed by atoms with E-state index in [2.05, 4.69) is 25.3 Å². The number of anilines is 1. The first kappa shape index (κ1) is 54.5. The van der Waals surface area contributed by atoms with Crippen molar-refractivity contribution in [2.45, 2.75) is 68.0 Å². The highest BCUT2D eigenvalue weighted by atomic mass is 32.7. The van der Waals surface area contributed by atoms with Crippen molar-refractivity contribution in [3.05, 3.63) is 217 Å². The molecule has 1 unspecified atom stereocenters. The van der Waals surface area contributed by atoms with Gasteiger partial charge in [0.05, 0.1) is 44.8 Å². The molecule has 0 bridgehead atoms. The maximum absolute atomic E-state index is 15.6. The zero-order chi connectivity index (χ0) is 55.3. The van der Waals surface area contributed by atoms with Gasteiger partial charge in [0.15, 0.2) is 17.0 Å². The number of carbonyl (C=O) groups is 1. The van der Waals surface area contributed by atoms with E-state index >= 15 is 4.57 Å². The van der Waals surface area contributed by atoms with E-state index in [4.69, 9.17) is 32.7 Å². The number of aliphatic hydroxyl groups is 1. The number of fused-ring (bicyclic) bond motifs is 1. The molecule has 1 amide bonds. The lowest BCUT2D eigenvalue weighted by molar-refractivity contribution is -0.385. The third-order valence-corrected chi connectivity index (χ3v) is 17.3. The number of para-hydroxylation sites is 1. The van der Waals surface area contributed by atoms with Gasteiger partial charge in [0.1, 0.15) is 54.2 Å². The molecule has 408 valence electrons. The van der Waals surface area contributed by atoms with Crippen molar-refractivity contribution in [3.63, 3.8) is 0 Å². The largest absolute Gasteiger partial charge is 0.497 e. The number of carbonyl (C=O) groups excluding carboxylic acids is 1. The fraction of sp³-hybridized carbons (Fsp3) is 0.273. The van der Waals surface area contributed by atoms with Crippen LogP contribution >= 0.6 is 18.2 Å². The Hall–Kier alpha value is -7.86. The van der Waals surface area contributed by atoms with Crippen LogP contribution in [0.4, 0.5) is 11.5 Å². The quantitative estimate of drug-likeness (QED) is 0.0264. The molecule has 7 atom stereocenters. The van der Waals surface area contributed by atoms with Gasteiger partial charge in [0, 0.05) is 47.5 Å². The predicted octanol–water partition coefficient (Wildman–Crippen LogP) is 8.25. The number of benzene rings is 5. The number of aryl methyl sites for hydroxylation is 1. The lowest BCUT2D eigenvalue weighted by Crippen LogP contribution is -2.38. The maximum atomic E-state index is 15.6. The monoisotopic (exact) mass is 1110 g/mol. The molecule has 10 rings (SSSR count). The Kier molecular flexibility index (Phi) is 16.3. The van der Waals surface area contributed by atoms with Gasteiger partial charge in [0.2, 0.25) is 0 Å². The molecule has 3 aromatic heterocycles. The van der Waals surface area contributed by atoms with Crippen LogP contribution in [-0.4, -0.2) is 96.9 Å². The number of rotatable bonds is 21. The van der Waals surface area contributed by atoms with Gasteiger partial charge in [-0.15, -0.1) is 0 Å². The van der Waals surface area contributed by atoms with Crippen LogP contribution in [0.1, 0.15) is 63.5 Å². The third-order valence-electron chi connectivity index (χ3n) is 13.6. The zero-order valence-electron chi connectivity index (χ0n) is 42.7. The first-order chi connectivity index (χ1) is 38.2. The number of aromatic nitrogens is 6. The Bertz CT molecular complexity index is 3580. The number of H-pyrrole nitrogens is 1. The van der Waals surface area contributed by atoms with Crippen molar-refractivity contribution in [3.8, 4) is 11.5 Å². The third kappa shape index (κ3) is 11.7. The molecule has 0 saturated carbocycles. The van der Waals surface area contributed by atoms with Crippen LogP contribution in [0.3, 0.4) is 0 Å². The van der Waals surface area contributed by atoms with E-state index in [9.17, 15) is 29.6 Å². The summed E-state index contributed by atoms with van der Waals surface area (Å²) in [6.45, 7) is -3.79. The molecule has 3 N–H and O–H groups in total. The van der Waals surface area contributed by atoms with E-state index in [0.717, 1.165) is 5.56 Å². The number of imidazole rings is 1. The van der Waals surface area contributed by atoms with Gasteiger partial charge < -0.3 is 34.1 Å². The summed E-state index contributed by atoms with van der Waals surface area (Å²) in [5.41, 5.74) is 0.555. The smallest absolute Gasteiger partial charge is 0.389 e. The minimum absolute atomic E-state index is 0.0140. The number of nitrogens with one attached hydrogen (secondary N) is 2. The summed E-state index contributed by atoms with van der Waals surface area (Å²) in [6.07, 6.45) is -2.63. The average molecular weight is 1110 g/mol. The van der Waals surface area contributed by atoms with Crippen LogP contribution in [-0.2, 0) is 39.2 Å². The molecule has 79 heavy (non-hydrogen) atoms. The molecule has 0 spiro atoms. The number of hydrogen-bond acceptors (Lipinski definition) is 18. The fourth-order valence-electron chi connectivity index (χ4n) is 9.56. The topological polar surface area (TPSA) is 273 Å². The second kappa shape index (κ2) is 23.6. The molecular formula is C55H53N8O14PS. The van der Waals surface area contributed by atoms with E-state index in [1.807, 2.05) is 78.9 Å². The van der Waals surface area contributed by atoms with E-state index in [1.54, 1.807) is 55.2 Å². The second-order valence-electron chi connectivity index (χ2n) is 18.5. The van der Waals surface area contributed by atoms with E-state index in [1.165, 1.54) is 48.5 Å². The fourth-order valence-corrected chi connectivity index (χ4v) is 13.0. The number of hydrogen-bond donors (Lipinski definition) is 3. The number of methoxy groups -OCH3 is 2. The van der Waals surface area contributed by atoms with Crippen LogP contribution in [0, 0.1) is 17.0 Å². The highest BCUT2D eigenvalue weighted by Crippen LogP contribution is 2.64. The molecule has 5 heterocycles. The molecule has 5 aromatic carbocycles. The Morgan fingerprint density at radius 3 is 2.11 bits per heavy atom. The Morgan fingerprint density at radius 2 is 1.44 bits per heavy atom. The minimum atomic E-state index is -4.55. The summed E-state index contributed by atoms with van der Waals surface area (Å²) in [6, 6.07) is 38.8. The molecule has 0 radical (unpaired) electrons. The summed E-state index contributed by atoms with van der Waals surface area (Å²) in [5, 5.41) is 26.5. The number of aromatic amines is 1. The van der Waals surface area contributed by atoms with E-state index < -0.39 is 78.0 Å². The Balaban J connectivity index is 0.973. The number of nitrogens with zero attached hydrogens (tertiary/aromatic N) is 6. The molecule has 24 heteroatoms. The minimum Gasteiger partial charge on any atom is -0.497 e. The molecule has 2 fully saturated rings. The van der Waals surface area contributed by atoms with Crippen LogP contribution in [0.5, 0.6) is 11.5 Å². The molecule has 2 aliphatic heterocycles. The van der Waals surface area contributed by atoms with E-state index in [-0.39, 0.29) is 53.4 Å². The normalized spacial score (nSPS) is 19.9. The summed E-state index contributed by atoms with van der Waals surface area (Å²) in [7, 11) is 3.13. The van der Waals surface area contributed by atoms with Gasteiger partial charge >= 0.3 is 12.5 Å². The van der Waals surface area contributed by atoms with Gasteiger partial charge in [-0.05, 0) is 71.4 Å². The Morgan fingerprint density at radius 1 is 0.823 bits per heavy atom. The lowest BCUT2D eigenvalue weighted by atomic mass is 9.80. The van der Waals surface area contributed by atoms with Gasteiger partial charge in [-0.3, -0.25) is 42.9 Å². The summed E-state index contributed by atoms with van der Waals surface area (Å²) in [4.78, 5) is 66.2. The van der Waals surface area contributed by atoms with Crippen molar-refractivity contribution in [1.82, 2.24) is 29.1 Å². The predicted molar refractivity (Wildman–Crippen MR) is 290 cm³/mol. The maximum Gasteiger partial charge on any atom is 0.389 e. The van der Waals surface area contributed by atoms with Gasteiger partial charge in [0.25, 0.3) is 17.2 Å². The average Bonchev–Trinajstić information content (AvgIpc) is 4.29. The number of nitro groups is 1. The van der Waals surface area contributed by atoms with E-state index in [0.29, 0.717) is 45.2 Å². The Labute approximate surface area is 455 Å². The molecule has 22 nitrogen and oxygen atoms in total. The molecule has 2 saturated heterocycles. The van der Waals surface area contributed by atoms with Crippen LogP contribution < -0.4 is 26.0 Å². The highest BCUT2D eigenvalue weighted by Gasteiger charge is 2.47. The zero-order valence-corrected chi connectivity index (χ0v) is 44.4. The van der Waals surface area contributed by atoms with Crippen LogP contribution in [0.15, 0.2) is 162 Å². The molecule has 0 aliphatic carbocycles. The van der Waals surface area contributed by atoms with Gasteiger partial charge in [-0.2, -0.15) is 0 Å². The van der Waals surface area contributed by atoms with Crippen molar-refractivity contribution >= 4 is 46.8 Å².